The molecule has 21 heavy (non-hydrogen) atoms. The van der Waals surface area contributed by atoms with Crippen molar-refractivity contribution < 1.29 is 14.3 Å². The highest BCUT2D eigenvalue weighted by Gasteiger charge is 2.32. The molecular formula is C17H23NO3. The highest BCUT2D eigenvalue weighted by molar-refractivity contribution is 5.75. The standard InChI is InChI=1S/C17H23NO3/c1-3-13-8-7-11-15(18)17(19)20-12(2)16(13)21-14-9-5-4-6-10-14/h3-6,9-10,12-13,15-16H,1,7-8,11,18H2,2H3. The zero-order valence-electron chi connectivity index (χ0n) is 12.4. The lowest BCUT2D eigenvalue weighted by Gasteiger charge is -2.29. The van der Waals surface area contributed by atoms with Crippen LogP contribution in [0.5, 0.6) is 5.75 Å². The third-order valence-corrected chi connectivity index (χ3v) is 3.86. The lowest BCUT2D eigenvalue weighted by Crippen LogP contribution is -2.41. The number of benzene rings is 1. The molecule has 114 valence electrons. The van der Waals surface area contributed by atoms with Gasteiger partial charge in [-0.2, -0.15) is 0 Å². The first-order chi connectivity index (χ1) is 10.1. The Morgan fingerprint density at radius 1 is 1.33 bits per heavy atom. The summed E-state index contributed by atoms with van der Waals surface area (Å²) in [5, 5.41) is 0. The van der Waals surface area contributed by atoms with Crippen LogP contribution in [-0.4, -0.2) is 24.2 Å². The molecule has 2 rings (SSSR count). The van der Waals surface area contributed by atoms with Crippen molar-refractivity contribution in [1.82, 2.24) is 0 Å². The first kappa shape index (κ1) is 15.6. The highest BCUT2D eigenvalue weighted by atomic mass is 16.6. The van der Waals surface area contributed by atoms with E-state index in [2.05, 4.69) is 6.58 Å². The molecule has 0 aromatic heterocycles. The summed E-state index contributed by atoms with van der Waals surface area (Å²) in [7, 11) is 0. The highest BCUT2D eigenvalue weighted by Crippen LogP contribution is 2.26. The van der Waals surface area contributed by atoms with Crippen LogP contribution in [0.3, 0.4) is 0 Å². The van der Waals surface area contributed by atoms with Gasteiger partial charge in [-0.3, -0.25) is 4.79 Å². The van der Waals surface area contributed by atoms with Gasteiger partial charge in [0.15, 0.2) is 0 Å². The second kappa shape index (κ2) is 7.27. The molecule has 1 fully saturated rings. The molecule has 0 spiro atoms. The molecule has 4 atom stereocenters. The molecule has 0 bridgehead atoms. The van der Waals surface area contributed by atoms with Gasteiger partial charge in [0.05, 0.1) is 0 Å². The molecule has 0 amide bonds. The lowest BCUT2D eigenvalue weighted by atomic mass is 9.92. The average Bonchev–Trinajstić information content (AvgIpc) is 2.54. The van der Waals surface area contributed by atoms with Crippen LogP contribution >= 0.6 is 0 Å². The van der Waals surface area contributed by atoms with E-state index >= 15 is 0 Å². The van der Waals surface area contributed by atoms with E-state index in [-0.39, 0.29) is 24.1 Å². The molecule has 4 unspecified atom stereocenters. The number of nitrogens with two attached hydrogens (primary N) is 1. The summed E-state index contributed by atoms with van der Waals surface area (Å²) in [6, 6.07) is 9.01. The maximum absolute atomic E-state index is 11.9. The van der Waals surface area contributed by atoms with Gasteiger partial charge in [-0.1, -0.05) is 30.7 Å². The third-order valence-electron chi connectivity index (χ3n) is 3.86. The number of para-hydroxylation sites is 1. The average molecular weight is 289 g/mol. The first-order valence-electron chi connectivity index (χ1n) is 7.42. The Labute approximate surface area is 125 Å². The Kier molecular flexibility index (Phi) is 5.39. The summed E-state index contributed by atoms with van der Waals surface area (Å²) in [5.74, 6) is 0.535. The maximum atomic E-state index is 11.9. The van der Waals surface area contributed by atoms with E-state index in [0.717, 1.165) is 18.6 Å². The number of cyclic esters (lactones) is 1. The van der Waals surface area contributed by atoms with Crippen LogP contribution in [0.4, 0.5) is 0 Å². The number of ether oxygens (including phenoxy) is 2. The molecule has 1 aromatic carbocycles. The van der Waals surface area contributed by atoms with Crippen LogP contribution in [-0.2, 0) is 9.53 Å². The molecule has 4 heteroatoms. The molecule has 1 aliphatic rings. The minimum Gasteiger partial charge on any atom is -0.486 e. The van der Waals surface area contributed by atoms with Crippen LogP contribution in [0.2, 0.25) is 0 Å². The summed E-state index contributed by atoms with van der Waals surface area (Å²) in [4.78, 5) is 11.9. The van der Waals surface area contributed by atoms with E-state index in [1.807, 2.05) is 43.3 Å². The second-order valence-electron chi connectivity index (χ2n) is 5.47. The minimum atomic E-state index is -0.548. The zero-order chi connectivity index (χ0) is 15.2. The largest absolute Gasteiger partial charge is 0.486 e. The van der Waals surface area contributed by atoms with Gasteiger partial charge in [-0.25, -0.2) is 0 Å². The predicted octanol–water partition coefficient (Wildman–Crippen LogP) is 2.68. The molecule has 2 N–H and O–H groups in total. The molecule has 4 nitrogen and oxygen atoms in total. The lowest BCUT2D eigenvalue weighted by molar-refractivity contribution is -0.154. The number of esters is 1. The van der Waals surface area contributed by atoms with Crippen molar-refractivity contribution in [3.8, 4) is 5.75 Å². The van der Waals surface area contributed by atoms with Crippen LogP contribution < -0.4 is 10.5 Å². The Hall–Kier alpha value is -1.81. The van der Waals surface area contributed by atoms with Gasteiger partial charge in [0, 0.05) is 5.92 Å². The fourth-order valence-corrected chi connectivity index (χ4v) is 2.63. The SMILES string of the molecule is C=CC1CCCC(N)C(=O)OC(C)C1Oc1ccccc1. The van der Waals surface area contributed by atoms with Gasteiger partial charge < -0.3 is 15.2 Å². The monoisotopic (exact) mass is 289 g/mol. The number of hydrogen-bond donors (Lipinski definition) is 1. The van der Waals surface area contributed by atoms with Crippen LogP contribution in [0, 0.1) is 5.92 Å². The van der Waals surface area contributed by atoms with E-state index < -0.39 is 6.04 Å². The molecule has 0 aliphatic carbocycles. The number of carbonyl (C=O) groups excluding carboxylic acids is 1. The summed E-state index contributed by atoms with van der Waals surface area (Å²) in [5.41, 5.74) is 5.82. The molecule has 1 saturated heterocycles. The molecule has 0 saturated carbocycles. The van der Waals surface area contributed by atoms with E-state index in [4.69, 9.17) is 15.2 Å². The van der Waals surface area contributed by atoms with E-state index in [1.54, 1.807) is 0 Å². The molecule has 1 heterocycles. The van der Waals surface area contributed by atoms with Gasteiger partial charge in [-0.15, -0.1) is 6.58 Å². The Bertz CT molecular complexity index is 474. The Balaban J connectivity index is 2.19. The van der Waals surface area contributed by atoms with Gasteiger partial charge in [-0.05, 0) is 31.9 Å². The van der Waals surface area contributed by atoms with Crippen molar-refractivity contribution in [3.05, 3.63) is 43.0 Å². The van der Waals surface area contributed by atoms with Crippen LogP contribution in [0.25, 0.3) is 0 Å². The van der Waals surface area contributed by atoms with Gasteiger partial charge in [0.25, 0.3) is 0 Å². The first-order valence-corrected chi connectivity index (χ1v) is 7.42. The van der Waals surface area contributed by atoms with Gasteiger partial charge >= 0.3 is 5.97 Å². The summed E-state index contributed by atoms with van der Waals surface area (Å²) < 4.78 is 11.5. The number of rotatable bonds is 3. The van der Waals surface area contributed by atoms with Crippen molar-refractivity contribution >= 4 is 5.97 Å². The van der Waals surface area contributed by atoms with Crippen LogP contribution in [0.1, 0.15) is 26.2 Å². The molecule has 1 aliphatic heterocycles. The molecular weight excluding hydrogens is 266 g/mol. The Morgan fingerprint density at radius 2 is 2.05 bits per heavy atom. The van der Waals surface area contributed by atoms with Crippen molar-refractivity contribution in [2.24, 2.45) is 11.7 Å². The zero-order valence-corrected chi connectivity index (χ0v) is 12.4. The Morgan fingerprint density at radius 3 is 2.71 bits per heavy atom. The summed E-state index contributed by atoms with van der Waals surface area (Å²) >= 11 is 0. The number of hydrogen-bond acceptors (Lipinski definition) is 4. The fourth-order valence-electron chi connectivity index (χ4n) is 2.63. The van der Waals surface area contributed by atoms with Crippen molar-refractivity contribution in [1.29, 1.82) is 0 Å². The maximum Gasteiger partial charge on any atom is 0.323 e. The van der Waals surface area contributed by atoms with Crippen molar-refractivity contribution in [2.45, 2.75) is 44.4 Å². The normalized spacial score (nSPS) is 30.5. The fraction of sp³-hybridized carbons (Fsp3) is 0.471. The van der Waals surface area contributed by atoms with Crippen LogP contribution in [0.15, 0.2) is 43.0 Å². The van der Waals surface area contributed by atoms with Crippen molar-refractivity contribution in [2.75, 3.05) is 0 Å². The molecule has 0 radical (unpaired) electrons. The van der Waals surface area contributed by atoms with E-state index in [0.29, 0.717) is 6.42 Å². The van der Waals surface area contributed by atoms with Gasteiger partial charge in [0.1, 0.15) is 24.0 Å². The molecule has 1 aromatic rings. The second-order valence-corrected chi connectivity index (χ2v) is 5.47. The van der Waals surface area contributed by atoms with Gasteiger partial charge in [0.2, 0.25) is 0 Å². The smallest absolute Gasteiger partial charge is 0.323 e. The topological polar surface area (TPSA) is 61.6 Å². The number of carbonyl (C=O) groups is 1. The van der Waals surface area contributed by atoms with Crippen molar-refractivity contribution in [3.63, 3.8) is 0 Å². The van der Waals surface area contributed by atoms with E-state index in [9.17, 15) is 4.79 Å². The third kappa shape index (κ3) is 4.08. The quantitative estimate of drug-likeness (QED) is 0.686. The predicted molar refractivity (Wildman–Crippen MR) is 81.9 cm³/mol. The summed E-state index contributed by atoms with van der Waals surface area (Å²) in [6.07, 6.45) is 3.64. The summed E-state index contributed by atoms with van der Waals surface area (Å²) in [6.45, 7) is 5.75. The van der Waals surface area contributed by atoms with E-state index in [1.165, 1.54) is 0 Å². The minimum absolute atomic E-state index is 0.123.